The molecule has 1 aliphatic heterocycles. The molecule has 0 saturated carbocycles. The molecule has 0 bridgehead atoms. The first-order valence-electron chi connectivity index (χ1n) is 9.78. The molecule has 1 aromatic carbocycles. The Morgan fingerprint density at radius 3 is 2.28 bits per heavy atom. The van der Waals surface area contributed by atoms with Gasteiger partial charge in [0.15, 0.2) is 6.10 Å². The van der Waals surface area contributed by atoms with E-state index in [9.17, 15) is 19.2 Å². The highest BCUT2D eigenvalue weighted by molar-refractivity contribution is 5.96. The molecule has 0 unspecified atom stereocenters. The van der Waals surface area contributed by atoms with Crippen LogP contribution in [0.25, 0.3) is 0 Å². The quantitative estimate of drug-likeness (QED) is 0.729. The number of rotatable bonds is 6. The number of anilines is 1. The number of esters is 1. The second-order valence-corrected chi connectivity index (χ2v) is 7.33. The molecular weight excluding hydrogens is 374 g/mol. The van der Waals surface area contributed by atoms with E-state index in [2.05, 4.69) is 5.32 Å². The Balaban J connectivity index is 1.75. The molecule has 0 aliphatic carbocycles. The average molecular weight is 403 g/mol. The second-order valence-electron chi connectivity index (χ2n) is 7.33. The van der Waals surface area contributed by atoms with Gasteiger partial charge in [0.05, 0.1) is 6.42 Å². The number of piperazine rings is 1. The Hall–Kier alpha value is -2.90. The van der Waals surface area contributed by atoms with Gasteiger partial charge in [0.25, 0.3) is 5.91 Å². The molecule has 1 saturated heterocycles. The Morgan fingerprint density at radius 2 is 1.66 bits per heavy atom. The second kappa shape index (κ2) is 10.0. The van der Waals surface area contributed by atoms with Gasteiger partial charge in [-0.15, -0.1) is 0 Å². The standard InChI is InChI=1S/C21H29N3O5/c1-14-5-6-15(2)18(13-14)22-21(28)16(3)29-20(27)8-7-19(26)24-11-9-23(10-12-24)17(4)25/h5-6,13,16H,7-12H2,1-4H3,(H,22,28)/t16-/m1/s1. The number of nitrogens with zero attached hydrogens (tertiary/aromatic N) is 2. The van der Waals surface area contributed by atoms with Crippen LogP contribution in [-0.2, 0) is 23.9 Å². The molecular formula is C21H29N3O5. The molecule has 2 rings (SSSR count). The number of carbonyl (C=O) groups excluding carboxylic acids is 4. The van der Waals surface area contributed by atoms with Gasteiger partial charge < -0.3 is 19.9 Å². The van der Waals surface area contributed by atoms with Crippen LogP contribution in [0.5, 0.6) is 0 Å². The van der Waals surface area contributed by atoms with Crippen LogP contribution >= 0.6 is 0 Å². The maximum absolute atomic E-state index is 12.3. The zero-order chi connectivity index (χ0) is 21.6. The number of ether oxygens (including phenoxy) is 1. The highest BCUT2D eigenvalue weighted by atomic mass is 16.5. The van der Waals surface area contributed by atoms with Crippen molar-refractivity contribution in [3.63, 3.8) is 0 Å². The van der Waals surface area contributed by atoms with Crippen molar-refractivity contribution in [3.05, 3.63) is 29.3 Å². The first kappa shape index (κ1) is 22.4. The average Bonchev–Trinajstić information content (AvgIpc) is 2.68. The van der Waals surface area contributed by atoms with Crippen molar-refractivity contribution in [3.8, 4) is 0 Å². The van der Waals surface area contributed by atoms with Gasteiger partial charge >= 0.3 is 5.97 Å². The van der Waals surface area contributed by atoms with E-state index >= 15 is 0 Å². The zero-order valence-corrected chi connectivity index (χ0v) is 17.5. The molecule has 1 aliphatic rings. The largest absolute Gasteiger partial charge is 0.453 e. The fourth-order valence-corrected chi connectivity index (χ4v) is 3.05. The molecule has 0 aromatic heterocycles. The molecule has 1 aromatic rings. The Labute approximate surface area is 171 Å². The van der Waals surface area contributed by atoms with Gasteiger partial charge in [-0.25, -0.2) is 0 Å². The molecule has 29 heavy (non-hydrogen) atoms. The molecule has 1 atom stereocenters. The minimum absolute atomic E-state index is 0.00574. The van der Waals surface area contributed by atoms with Crippen LogP contribution in [-0.4, -0.2) is 65.8 Å². The molecule has 0 spiro atoms. The van der Waals surface area contributed by atoms with Gasteiger partial charge in [0.1, 0.15) is 0 Å². The van der Waals surface area contributed by atoms with Crippen molar-refractivity contribution in [2.24, 2.45) is 0 Å². The lowest BCUT2D eigenvalue weighted by atomic mass is 10.1. The van der Waals surface area contributed by atoms with Gasteiger partial charge in [0, 0.05) is 45.2 Å². The molecule has 0 radical (unpaired) electrons. The highest BCUT2D eigenvalue weighted by Crippen LogP contribution is 2.17. The molecule has 3 amide bonds. The lowest BCUT2D eigenvalue weighted by Gasteiger charge is -2.34. The Kier molecular flexibility index (Phi) is 7.75. The van der Waals surface area contributed by atoms with Crippen molar-refractivity contribution in [2.75, 3.05) is 31.5 Å². The number of aryl methyl sites for hydroxylation is 2. The smallest absolute Gasteiger partial charge is 0.307 e. The summed E-state index contributed by atoms with van der Waals surface area (Å²) in [6.07, 6.45) is -1.03. The number of hydrogen-bond acceptors (Lipinski definition) is 5. The molecule has 158 valence electrons. The summed E-state index contributed by atoms with van der Waals surface area (Å²) in [6.45, 7) is 8.74. The van der Waals surface area contributed by atoms with Crippen molar-refractivity contribution in [2.45, 2.75) is 46.6 Å². The molecule has 1 heterocycles. The van der Waals surface area contributed by atoms with E-state index in [1.165, 1.54) is 13.8 Å². The molecule has 8 heteroatoms. The van der Waals surface area contributed by atoms with Crippen LogP contribution in [0.2, 0.25) is 0 Å². The van der Waals surface area contributed by atoms with E-state index in [1.54, 1.807) is 9.80 Å². The summed E-state index contributed by atoms with van der Waals surface area (Å²) in [5.74, 6) is -1.17. The number of benzene rings is 1. The predicted octanol–water partition coefficient (Wildman–Crippen LogP) is 1.64. The summed E-state index contributed by atoms with van der Waals surface area (Å²) >= 11 is 0. The van der Waals surface area contributed by atoms with E-state index in [0.717, 1.165) is 11.1 Å². The van der Waals surface area contributed by atoms with Crippen LogP contribution in [0.15, 0.2) is 18.2 Å². The maximum Gasteiger partial charge on any atom is 0.307 e. The zero-order valence-electron chi connectivity index (χ0n) is 17.5. The first-order chi connectivity index (χ1) is 13.7. The van der Waals surface area contributed by atoms with Crippen molar-refractivity contribution in [1.82, 2.24) is 9.80 Å². The van der Waals surface area contributed by atoms with Crippen LogP contribution in [0.1, 0.15) is 37.8 Å². The van der Waals surface area contributed by atoms with E-state index in [-0.39, 0.29) is 24.7 Å². The summed E-state index contributed by atoms with van der Waals surface area (Å²) in [6, 6.07) is 5.71. The summed E-state index contributed by atoms with van der Waals surface area (Å²) in [5, 5.41) is 2.76. The Bertz CT molecular complexity index is 785. The van der Waals surface area contributed by atoms with Gasteiger partial charge in [0.2, 0.25) is 11.8 Å². The van der Waals surface area contributed by atoms with E-state index < -0.39 is 18.0 Å². The van der Waals surface area contributed by atoms with Gasteiger partial charge in [-0.1, -0.05) is 12.1 Å². The van der Waals surface area contributed by atoms with Crippen molar-refractivity contribution >= 4 is 29.4 Å². The minimum atomic E-state index is -0.961. The molecule has 1 N–H and O–H groups in total. The fourth-order valence-electron chi connectivity index (χ4n) is 3.05. The minimum Gasteiger partial charge on any atom is -0.453 e. The third kappa shape index (κ3) is 6.58. The lowest BCUT2D eigenvalue weighted by molar-refractivity contribution is -0.154. The van der Waals surface area contributed by atoms with E-state index in [1.807, 2.05) is 32.0 Å². The number of nitrogens with one attached hydrogen (secondary N) is 1. The van der Waals surface area contributed by atoms with Crippen LogP contribution in [0, 0.1) is 13.8 Å². The van der Waals surface area contributed by atoms with E-state index in [0.29, 0.717) is 31.9 Å². The van der Waals surface area contributed by atoms with Crippen LogP contribution < -0.4 is 5.32 Å². The summed E-state index contributed by atoms with van der Waals surface area (Å²) in [4.78, 5) is 51.2. The third-order valence-electron chi connectivity index (χ3n) is 4.95. The molecule has 1 fully saturated rings. The fraction of sp³-hybridized carbons (Fsp3) is 0.524. The molecule has 8 nitrogen and oxygen atoms in total. The predicted molar refractivity (Wildman–Crippen MR) is 108 cm³/mol. The monoisotopic (exact) mass is 403 g/mol. The number of carbonyl (C=O) groups is 4. The summed E-state index contributed by atoms with van der Waals surface area (Å²) in [5.41, 5.74) is 2.61. The van der Waals surface area contributed by atoms with Crippen LogP contribution in [0.3, 0.4) is 0 Å². The van der Waals surface area contributed by atoms with Crippen LogP contribution in [0.4, 0.5) is 5.69 Å². The SMILES string of the molecule is CC(=O)N1CCN(C(=O)CCC(=O)O[C@H](C)C(=O)Nc2cc(C)ccc2C)CC1. The summed E-state index contributed by atoms with van der Waals surface area (Å²) < 4.78 is 5.17. The van der Waals surface area contributed by atoms with Crippen molar-refractivity contribution in [1.29, 1.82) is 0 Å². The van der Waals surface area contributed by atoms with Gasteiger partial charge in [-0.05, 0) is 38.0 Å². The normalized spacial score (nSPS) is 14.9. The number of hydrogen-bond donors (Lipinski definition) is 1. The highest BCUT2D eigenvalue weighted by Gasteiger charge is 2.24. The lowest BCUT2D eigenvalue weighted by Crippen LogP contribution is -2.50. The number of amides is 3. The first-order valence-corrected chi connectivity index (χ1v) is 9.78. The topological polar surface area (TPSA) is 96.0 Å². The summed E-state index contributed by atoms with van der Waals surface area (Å²) in [7, 11) is 0. The van der Waals surface area contributed by atoms with Gasteiger partial charge in [-0.3, -0.25) is 19.2 Å². The third-order valence-corrected chi connectivity index (χ3v) is 4.95. The van der Waals surface area contributed by atoms with Crippen molar-refractivity contribution < 1.29 is 23.9 Å². The maximum atomic E-state index is 12.3. The van der Waals surface area contributed by atoms with E-state index in [4.69, 9.17) is 4.74 Å². The Morgan fingerprint density at radius 1 is 1.03 bits per heavy atom. The van der Waals surface area contributed by atoms with Gasteiger partial charge in [-0.2, -0.15) is 0 Å².